The molecule has 0 aromatic heterocycles. The summed E-state index contributed by atoms with van der Waals surface area (Å²) < 4.78 is 11.8. The van der Waals surface area contributed by atoms with E-state index in [2.05, 4.69) is 5.32 Å². The molecular formula is C26H21ClN2O4. The Hall–Kier alpha value is -4.03. The zero-order valence-electron chi connectivity index (χ0n) is 17.6. The third-order valence-corrected chi connectivity index (χ3v) is 5.12. The van der Waals surface area contributed by atoms with Crippen LogP contribution in [-0.2, 0) is 13.2 Å². The number of halogens is 1. The highest BCUT2D eigenvalue weighted by molar-refractivity contribution is 6.30. The fourth-order valence-corrected chi connectivity index (χ4v) is 3.36. The first kappa shape index (κ1) is 22.2. The van der Waals surface area contributed by atoms with Crippen LogP contribution in [0.2, 0.25) is 5.02 Å². The van der Waals surface area contributed by atoms with Gasteiger partial charge in [-0.05, 0) is 72.3 Å². The van der Waals surface area contributed by atoms with E-state index < -0.39 is 4.92 Å². The van der Waals surface area contributed by atoms with Crippen LogP contribution in [0, 0.1) is 10.1 Å². The fourth-order valence-electron chi connectivity index (χ4n) is 3.16. The molecular weight excluding hydrogens is 440 g/mol. The summed E-state index contributed by atoms with van der Waals surface area (Å²) in [6, 6.07) is 29.1. The van der Waals surface area contributed by atoms with Crippen LogP contribution in [0.15, 0.2) is 97.1 Å². The minimum absolute atomic E-state index is 0.0512. The van der Waals surface area contributed by atoms with Crippen molar-refractivity contribution in [1.29, 1.82) is 0 Å². The van der Waals surface area contributed by atoms with Gasteiger partial charge in [-0.3, -0.25) is 10.1 Å². The third kappa shape index (κ3) is 6.24. The molecule has 1 N–H and O–H groups in total. The maximum Gasteiger partial charge on any atom is 0.269 e. The van der Waals surface area contributed by atoms with E-state index >= 15 is 0 Å². The van der Waals surface area contributed by atoms with Crippen molar-refractivity contribution in [2.75, 3.05) is 5.32 Å². The van der Waals surface area contributed by atoms with E-state index in [1.54, 1.807) is 18.2 Å². The summed E-state index contributed by atoms with van der Waals surface area (Å²) in [4.78, 5) is 10.4. The van der Waals surface area contributed by atoms with Crippen LogP contribution in [0.25, 0.3) is 0 Å². The molecule has 0 aliphatic heterocycles. The molecule has 0 amide bonds. The minimum atomic E-state index is -0.423. The molecule has 4 aromatic rings. The first-order valence-corrected chi connectivity index (χ1v) is 10.7. The average molecular weight is 461 g/mol. The van der Waals surface area contributed by atoms with Crippen LogP contribution < -0.4 is 14.8 Å². The zero-order valence-corrected chi connectivity index (χ0v) is 18.4. The lowest BCUT2D eigenvalue weighted by Crippen LogP contribution is -2.04. The number of nitrogens with one attached hydrogen (secondary N) is 1. The topological polar surface area (TPSA) is 73.6 Å². The number of hydrogen-bond donors (Lipinski definition) is 1. The van der Waals surface area contributed by atoms with Crippen molar-refractivity contribution in [3.05, 3.63) is 123 Å². The molecule has 0 saturated heterocycles. The summed E-state index contributed by atoms with van der Waals surface area (Å²) in [5.74, 6) is 2.22. The fraction of sp³-hybridized carbons (Fsp3) is 0.0769. The van der Waals surface area contributed by atoms with Gasteiger partial charge < -0.3 is 14.8 Å². The van der Waals surface area contributed by atoms with Gasteiger partial charge >= 0.3 is 0 Å². The molecule has 0 fully saturated rings. The first-order valence-electron chi connectivity index (χ1n) is 10.3. The summed E-state index contributed by atoms with van der Waals surface area (Å²) in [5.41, 5.74) is 2.71. The molecule has 0 radical (unpaired) electrons. The van der Waals surface area contributed by atoms with E-state index in [9.17, 15) is 10.1 Å². The molecule has 0 aliphatic rings. The maximum atomic E-state index is 10.8. The molecule has 0 aliphatic carbocycles. The van der Waals surface area contributed by atoms with Crippen LogP contribution >= 0.6 is 11.6 Å². The Morgan fingerprint density at radius 1 is 0.848 bits per heavy atom. The maximum absolute atomic E-state index is 10.8. The highest BCUT2D eigenvalue weighted by Crippen LogP contribution is 2.27. The molecule has 0 unspecified atom stereocenters. The largest absolute Gasteiger partial charge is 0.489 e. The summed E-state index contributed by atoms with van der Waals surface area (Å²) in [7, 11) is 0. The number of nitro groups is 1. The van der Waals surface area contributed by atoms with Crippen LogP contribution in [0.5, 0.6) is 17.2 Å². The van der Waals surface area contributed by atoms with E-state index in [-0.39, 0.29) is 12.3 Å². The Morgan fingerprint density at radius 3 is 2.24 bits per heavy atom. The number of ether oxygens (including phenoxy) is 2. The standard InChI is InChI=1S/C26H21ClN2O4/c27-21-8-15-26(32-18-19-6-11-23(12-7-19)29(30)31)20(16-21)17-28-22-9-13-25(14-10-22)33-24-4-2-1-3-5-24/h1-16,28H,17-18H2. The van der Waals surface area contributed by atoms with Gasteiger partial charge in [0, 0.05) is 35.0 Å². The van der Waals surface area contributed by atoms with Crippen LogP contribution in [-0.4, -0.2) is 4.92 Å². The highest BCUT2D eigenvalue weighted by Gasteiger charge is 2.08. The Bertz CT molecular complexity index is 1210. The molecule has 4 aromatic carbocycles. The monoisotopic (exact) mass is 460 g/mol. The van der Waals surface area contributed by atoms with E-state index in [4.69, 9.17) is 21.1 Å². The van der Waals surface area contributed by atoms with Crippen molar-refractivity contribution in [2.24, 2.45) is 0 Å². The number of hydrogen-bond acceptors (Lipinski definition) is 5. The number of rotatable bonds is 9. The zero-order chi connectivity index (χ0) is 23.0. The molecule has 4 rings (SSSR count). The predicted octanol–water partition coefficient (Wildman–Crippen LogP) is 7.23. The lowest BCUT2D eigenvalue weighted by Gasteiger charge is -2.14. The second kappa shape index (κ2) is 10.5. The van der Waals surface area contributed by atoms with E-state index in [1.165, 1.54) is 12.1 Å². The van der Waals surface area contributed by atoms with Gasteiger partial charge in [0.05, 0.1) is 4.92 Å². The van der Waals surface area contributed by atoms with E-state index in [1.807, 2.05) is 66.7 Å². The van der Waals surface area contributed by atoms with Gasteiger partial charge in [-0.25, -0.2) is 0 Å². The predicted molar refractivity (Wildman–Crippen MR) is 129 cm³/mol. The lowest BCUT2D eigenvalue weighted by molar-refractivity contribution is -0.384. The molecule has 7 heteroatoms. The minimum Gasteiger partial charge on any atom is -0.489 e. The van der Waals surface area contributed by atoms with Crippen molar-refractivity contribution < 1.29 is 14.4 Å². The molecule has 0 spiro atoms. The Labute approximate surface area is 196 Å². The second-order valence-electron chi connectivity index (χ2n) is 7.26. The van der Waals surface area contributed by atoms with Crippen molar-refractivity contribution in [2.45, 2.75) is 13.2 Å². The van der Waals surface area contributed by atoms with Gasteiger partial charge in [-0.1, -0.05) is 29.8 Å². The number of para-hydroxylation sites is 1. The van der Waals surface area contributed by atoms with E-state index in [0.29, 0.717) is 17.3 Å². The second-order valence-corrected chi connectivity index (χ2v) is 7.69. The van der Waals surface area contributed by atoms with Crippen LogP contribution in [0.3, 0.4) is 0 Å². The van der Waals surface area contributed by atoms with Gasteiger partial charge in [0.25, 0.3) is 5.69 Å². The summed E-state index contributed by atoms with van der Waals surface area (Å²) >= 11 is 6.20. The van der Waals surface area contributed by atoms with Gasteiger partial charge in [0.1, 0.15) is 23.9 Å². The highest BCUT2D eigenvalue weighted by atomic mass is 35.5. The number of anilines is 1. The van der Waals surface area contributed by atoms with Crippen molar-refractivity contribution in [3.8, 4) is 17.2 Å². The van der Waals surface area contributed by atoms with Gasteiger partial charge in [-0.15, -0.1) is 0 Å². The molecule has 0 atom stereocenters. The van der Waals surface area contributed by atoms with Crippen molar-refractivity contribution in [3.63, 3.8) is 0 Å². The SMILES string of the molecule is O=[N+]([O-])c1ccc(COc2ccc(Cl)cc2CNc2ccc(Oc3ccccc3)cc2)cc1. The van der Waals surface area contributed by atoms with Crippen LogP contribution in [0.1, 0.15) is 11.1 Å². The molecule has 0 heterocycles. The van der Waals surface area contributed by atoms with Gasteiger partial charge in [0.15, 0.2) is 0 Å². The number of nitrogens with zero attached hydrogens (tertiary/aromatic N) is 1. The van der Waals surface area contributed by atoms with Crippen molar-refractivity contribution in [1.82, 2.24) is 0 Å². The Balaban J connectivity index is 1.37. The summed E-state index contributed by atoms with van der Waals surface area (Å²) in [6.45, 7) is 0.799. The molecule has 166 valence electrons. The quantitative estimate of drug-likeness (QED) is 0.210. The summed E-state index contributed by atoms with van der Waals surface area (Å²) in [5, 5.41) is 14.8. The Morgan fingerprint density at radius 2 is 1.55 bits per heavy atom. The molecule has 6 nitrogen and oxygen atoms in total. The van der Waals surface area contributed by atoms with Gasteiger partial charge in [-0.2, -0.15) is 0 Å². The average Bonchev–Trinajstić information content (AvgIpc) is 2.84. The van der Waals surface area contributed by atoms with E-state index in [0.717, 1.165) is 28.3 Å². The lowest BCUT2D eigenvalue weighted by atomic mass is 10.2. The first-order chi connectivity index (χ1) is 16.1. The third-order valence-electron chi connectivity index (χ3n) is 4.88. The number of benzene rings is 4. The number of nitro benzene ring substituents is 1. The normalized spacial score (nSPS) is 10.5. The van der Waals surface area contributed by atoms with Crippen LogP contribution in [0.4, 0.5) is 11.4 Å². The van der Waals surface area contributed by atoms with Crippen molar-refractivity contribution >= 4 is 23.0 Å². The molecule has 0 saturated carbocycles. The Kier molecular flexibility index (Phi) is 7.07. The molecule has 0 bridgehead atoms. The molecule has 33 heavy (non-hydrogen) atoms. The smallest absolute Gasteiger partial charge is 0.269 e. The number of non-ortho nitro benzene ring substituents is 1. The summed E-state index contributed by atoms with van der Waals surface area (Å²) in [6.07, 6.45) is 0. The van der Waals surface area contributed by atoms with Gasteiger partial charge in [0.2, 0.25) is 0 Å².